The van der Waals surface area contributed by atoms with Gasteiger partial charge in [-0.2, -0.15) is 8.78 Å². The summed E-state index contributed by atoms with van der Waals surface area (Å²) in [5, 5.41) is 2.73. The first-order valence-electron chi connectivity index (χ1n) is 8.20. The van der Waals surface area contributed by atoms with Crippen LogP contribution in [0, 0.1) is 0 Å². The minimum Gasteiger partial charge on any atom is -0.338 e. The molecule has 0 bridgehead atoms. The monoisotopic (exact) mass is 379 g/mol. The van der Waals surface area contributed by atoms with Gasteiger partial charge in [0.2, 0.25) is 11.9 Å². The maximum Gasteiger partial charge on any atom is 0.288 e. The average Bonchev–Trinajstić information content (AvgIpc) is 2.64. The van der Waals surface area contributed by atoms with Gasteiger partial charge in [-0.15, -0.1) is 0 Å². The molecule has 1 aromatic carbocycles. The van der Waals surface area contributed by atoms with E-state index in [-0.39, 0.29) is 12.5 Å². The van der Waals surface area contributed by atoms with Crippen LogP contribution in [0.5, 0.6) is 0 Å². The van der Waals surface area contributed by atoms with E-state index in [1.165, 1.54) is 0 Å². The smallest absolute Gasteiger partial charge is 0.288 e. The van der Waals surface area contributed by atoms with Gasteiger partial charge in [0.1, 0.15) is 0 Å². The third kappa shape index (κ3) is 5.12. The van der Waals surface area contributed by atoms with E-state index < -0.39 is 5.76 Å². The van der Waals surface area contributed by atoms with E-state index >= 15 is 0 Å². The molecule has 1 amide bonds. The molecule has 2 heterocycles. The summed E-state index contributed by atoms with van der Waals surface area (Å²) in [6.45, 7) is 3.10. The lowest BCUT2D eigenvalue weighted by atomic mass is 10.3. The molecule has 0 aliphatic carbocycles. The number of halogens is 2. The van der Waals surface area contributed by atoms with Crippen molar-refractivity contribution in [2.24, 2.45) is 0 Å². The summed E-state index contributed by atoms with van der Waals surface area (Å²) in [4.78, 5) is 25.2. The Morgan fingerprint density at radius 1 is 1.12 bits per heavy atom. The zero-order valence-corrected chi connectivity index (χ0v) is 14.8. The summed E-state index contributed by atoms with van der Waals surface area (Å²) >= 11 is 0.429. The van der Waals surface area contributed by atoms with Crippen LogP contribution in [0.4, 0.5) is 20.4 Å². The molecular weight excluding hydrogens is 360 g/mol. The first kappa shape index (κ1) is 18.5. The molecule has 0 radical (unpaired) electrons. The van der Waals surface area contributed by atoms with Crippen molar-refractivity contribution in [1.82, 2.24) is 14.9 Å². The fourth-order valence-corrected chi connectivity index (χ4v) is 3.32. The lowest BCUT2D eigenvalue weighted by molar-refractivity contribution is -0.117. The van der Waals surface area contributed by atoms with E-state index in [1.807, 2.05) is 4.90 Å². The number of aromatic nitrogens is 2. The third-order valence-electron chi connectivity index (χ3n) is 3.95. The summed E-state index contributed by atoms with van der Waals surface area (Å²) in [5.74, 6) is -2.05. The first-order valence-corrected chi connectivity index (χ1v) is 9.08. The molecule has 6 nitrogen and oxygen atoms in total. The third-order valence-corrected chi connectivity index (χ3v) is 4.74. The summed E-state index contributed by atoms with van der Waals surface area (Å²) < 4.78 is 25.2. The Bertz CT molecular complexity index is 726. The largest absolute Gasteiger partial charge is 0.338 e. The van der Waals surface area contributed by atoms with E-state index in [0.29, 0.717) is 41.4 Å². The van der Waals surface area contributed by atoms with Gasteiger partial charge in [-0.25, -0.2) is 9.97 Å². The Morgan fingerprint density at radius 3 is 2.50 bits per heavy atom. The van der Waals surface area contributed by atoms with Crippen LogP contribution in [-0.2, 0) is 4.79 Å². The van der Waals surface area contributed by atoms with E-state index in [1.54, 1.807) is 42.7 Å². The predicted octanol–water partition coefficient (Wildman–Crippen LogP) is 2.55. The highest BCUT2D eigenvalue weighted by molar-refractivity contribution is 7.99. The predicted molar refractivity (Wildman–Crippen MR) is 97.6 cm³/mol. The summed E-state index contributed by atoms with van der Waals surface area (Å²) in [7, 11) is 0. The van der Waals surface area contributed by atoms with Gasteiger partial charge in [-0.05, 0) is 18.2 Å². The number of thioether (sulfide) groups is 1. The second kappa shape index (κ2) is 8.91. The Labute approximate surface area is 154 Å². The molecule has 1 aliphatic heterocycles. The van der Waals surface area contributed by atoms with Crippen molar-refractivity contribution < 1.29 is 13.6 Å². The number of piperazine rings is 1. The summed E-state index contributed by atoms with van der Waals surface area (Å²) in [6, 6.07) is 8.36. The first-order chi connectivity index (χ1) is 12.6. The van der Waals surface area contributed by atoms with Crippen LogP contribution in [0.3, 0.4) is 0 Å². The number of rotatable bonds is 6. The molecule has 1 fully saturated rings. The van der Waals surface area contributed by atoms with Crippen molar-refractivity contribution in [1.29, 1.82) is 0 Å². The number of anilines is 2. The molecule has 0 saturated carbocycles. The minimum absolute atomic E-state index is 0.211. The molecular formula is C17H19F2N5OS. The van der Waals surface area contributed by atoms with Gasteiger partial charge in [0.15, 0.2) is 0 Å². The van der Waals surface area contributed by atoms with Crippen molar-refractivity contribution in [3.8, 4) is 0 Å². The van der Waals surface area contributed by atoms with Crippen LogP contribution in [0.2, 0.25) is 0 Å². The lowest BCUT2D eigenvalue weighted by Crippen LogP contribution is -2.49. The zero-order valence-electron chi connectivity index (χ0n) is 14.0. The number of nitrogens with zero attached hydrogens (tertiary/aromatic N) is 4. The molecule has 1 saturated heterocycles. The number of hydrogen-bond acceptors (Lipinski definition) is 6. The van der Waals surface area contributed by atoms with Crippen molar-refractivity contribution in [2.45, 2.75) is 10.7 Å². The number of amides is 1. The van der Waals surface area contributed by atoms with Gasteiger partial charge in [0.25, 0.3) is 5.76 Å². The number of para-hydroxylation sites is 1. The standard InChI is InChI=1S/C17H19F2N5OS/c18-16(19)26-14-5-2-1-4-13(14)22-15(25)12-23-8-10-24(11-9-23)17-20-6-3-7-21-17/h1-7,16H,8-12H2,(H,22,25). The van der Waals surface area contributed by atoms with Crippen LogP contribution in [0.25, 0.3) is 0 Å². The second-order valence-electron chi connectivity index (χ2n) is 5.73. The van der Waals surface area contributed by atoms with Gasteiger partial charge in [-0.1, -0.05) is 23.9 Å². The van der Waals surface area contributed by atoms with Crippen LogP contribution < -0.4 is 10.2 Å². The SMILES string of the molecule is O=C(CN1CCN(c2ncccn2)CC1)Nc1ccccc1SC(F)F. The quantitative estimate of drug-likeness (QED) is 0.779. The number of benzene rings is 1. The maximum absolute atomic E-state index is 12.6. The molecule has 26 heavy (non-hydrogen) atoms. The highest BCUT2D eigenvalue weighted by atomic mass is 32.2. The summed E-state index contributed by atoms with van der Waals surface area (Å²) in [5.41, 5.74) is 0.416. The van der Waals surface area contributed by atoms with Gasteiger partial charge in [-0.3, -0.25) is 9.69 Å². The molecule has 0 atom stereocenters. The molecule has 9 heteroatoms. The van der Waals surface area contributed by atoms with Crippen LogP contribution >= 0.6 is 11.8 Å². The van der Waals surface area contributed by atoms with Crippen LogP contribution in [0.15, 0.2) is 47.6 Å². The van der Waals surface area contributed by atoms with Gasteiger partial charge < -0.3 is 10.2 Å². The lowest BCUT2D eigenvalue weighted by Gasteiger charge is -2.34. The van der Waals surface area contributed by atoms with Crippen molar-refractivity contribution in [2.75, 3.05) is 42.9 Å². The van der Waals surface area contributed by atoms with Crippen LogP contribution in [0.1, 0.15) is 0 Å². The average molecular weight is 379 g/mol. The second-order valence-corrected chi connectivity index (χ2v) is 6.77. The fourth-order valence-electron chi connectivity index (χ4n) is 2.72. The number of carbonyl (C=O) groups is 1. The summed E-state index contributed by atoms with van der Waals surface area (Å²) in [6.07, 6.45) is 3.41. The fraction of sp³-hybridized carbons (Fsp3) is 0.353. The van der Waals surface area contributed by atoms with Gasteiger partial charge in [0, 0.05) is 43.5 Å². The topological polar surface area (TPSA) is 61.4 Å². The number of nitrogens with one attached hydrogen (secondary N) is 1. The maximum atomic E-state index is 12.6. The van der Waals surface area contributed by atoms with Crippen molar-refractivity contribution in [3.63, 3.8) is 0 Å². The van der Waals surface area contributed by atoms with Crippen molar-refractivity contribution >= 4 is 29.3 Å². The van der Waals surface area contributed by atoms with E-state index in [4.69, 9.17) is 0 Å². The molecule has 1 N–H and O–H groups in total. The molecule has 138 valence electrons. The highest BCUT2D eigenvalue weighted by Gasteiger charge is 2.21. The molecule has 0 spiro atoms. The Morgan fingerprint density at radius 2 is 1.81 bits per heavy atom. The van der Waals surface area contributed by atoms with Gasteiger partial charge in [0.05, 0.1) is 12.2 Å². The van der Waals surface area contributed by atoms with Crippen LogP contribution in [-0.4, -0.2) is 59.3 Å². The molecule has 1 aliphatic rings. The Hall–Kier alpha value is -2.26. The molecule has 3 rings (SSSR count). The zero-order chi connectivity index (χ0) is 18.4. The normalized spacial score (nSPS) is 15.3. The Balaban J connectivity index is 1.51. The number of hydrogen-bond donors (Lipinski definition) is 1. The molecule has 2 aromatic rings. The van der Waals surface area contributed by atoms with Crippen molar-refractivity contribution in [3.05, 3.63) is 42.7 Å². The van der Waals surface area contributed by atoms with E-state index in [2.05, 4.69) is 20.2 Å². The molecule has 0 unspecified atom stereocenters. The van der Waals surface area contributed by atoms with E-state index in [0.717, 1.165) is 13.1 Å². The molecule has 1 aromatic heterocycles. The minimum atomic E-state index is -2.53. The number of alkyl halides is 2. The Kier molecular flexibility index (Phi) is 6.35. The van der Waals surface area contributed by atoms with Gasteiger partial charge >= 0.3 is 0 Å². The number of carbonyl (C=O) groups excluding carboxylic acids is 1. The highest BCUT2D eigenvalue weighted by Crippen LogP contribution is 2.31. The van der Waals surface area contributed by atoms with E-state index in [9.17, 15) is 13.6 Å².